The van der Waals surface area contributed by atoms with Crippen molar-refractivity contribution in [2.45, 2.75) is 25.4 Å². The summed E-state index contributed by atoms with van der Waals surface area (Å²) in [5.41, 5.74) is 1.80. The van der Waals surface area contributed by atoms with Crippen molar-refractivity contribution in [3.05, 3.63) is 34.2 Å². The molecule has 1 unspecified atom stereocenters. The molecule has 0 spiro atoms. The van der Waals surface area contributed by atoms with Crippen LogP contribution in [0.25, 0.3) is 5.65 Å². The second-order valence-electron chi connectivity index (χ2n) is 5.33. The Kier molecular flexibility index (Phi) is 7.72. The van der Waals surface area contributed by atoms with Gasteiger partial charge in [0.05, 0.1) is 15.7 Å². The molecule has 0 saturated carbocycles. The summed E-state index contributed by atoms with van der Waals surface area (Å²) in [5, 5.41) is 4.57. The number of nitrogens with zero attached hydrogens (tertiary/aromatic N) is 3. The number of nitrogens with one attached hydrogen (secondary N) is 1. The number of likely N-dealkylation sites (N-methyl/N-ethyl adjacent to an activating group) is 1. The summed E-state index contributed by atoms with van der Waals surface area (Å²) in [5.74, 6) is 0. The lowest BCUT2D eigenvalue weighted by molar-refractivity contribution is 0.186. The van der Waals surface area contributed by atoms with E-state index in [1.807, 2.05) is 23.8 Å². The zero-order valence-corrected chi connectivity index (χ0v) is 15.4. The normalized spacial score (nSPS) is 18.8. The second kappa shape index (κ2) is 8.57. The van der Waals surface area contributed by atoms with Gasteiger partial charge in [-0.3, -0.25) is 4.90 Å². The zero-order valence-electron chi connectivity index (χ0n) is 12.3. The van der Waals surface area contributed by atoms with Crippen LogP contribution >= 0.6 is 48.0 Å². The number of aromatic nitrogens is 2. The molecule has 8 heteroatoms. The van der Waals surface area contributed by atoms with E-state index in [0.29, 0.717) is 16.1 Å². The SMILES string of the molecule is CNC1CCCN(Cc2cn3cc(Cl)cc(Cl)c3n2)C1.Cl.Cl. The van der Waals surface area contributed by atoms with Crippen molar-refractivity contribution in [1.29, 1.82) is 0 Å². The Bertz CT molecular complexity index is 616. The molecule has 4 nitrogen and oxygen atoms in total. The number of likely N-dealkylation sites (tertiary alicyclic amines) is 1. The first-order valence-electron chi connectivity index (χ1n) is 6.88. The van der Waals surface area contributed by atoms with Crippen LogP contribution < -0.4 is 5.32 Å². The molecular formula is C14H20Cl4N4. The average molecular weight is 386 g/mol. The van der Waals surface area contributed by atoms with Crippen molar-refractivity contribution in [2.75, 3.05) is 20.1 Å². The Labute approximate surface area is 153 Å². The molecule has 0 aromatic carbocycles. The molecule has 124 valence electrons. The van der Waals surface area contributed by atoms with Crippen molar-refractivity contribution < 1.29 is 0 Å². The Morgan fingerprint density at radius 2 is 2.09 bits per heavy atom. The molecular weight excluding hydrogens is 366 g/mol. The minimum Gasteiger partial charge on any atom is -0.316 e. The molecule has 0 bridgehead atoms. The first kappa shape index (κ1) is 19.8. The van der Waals surface area contributed by atoms with Crippen molar-refractivity contribution in [3.8, 4) is 0 Å². The highest BCUT2D eigenvalue weighted by Gasteiger charge is 2.19. The van der Waals surface area contributed by atoms with E-state index in [0.717, 1.165) is 31.0 Å². The van der Waals surface area contributed by atoms with Crippen molar-refractivity contribution in [2.24, 2.45) is 0 Å². The number of halogens is 4. The van der Waals surface area contributed by atoms with Crippen molar-refractivity contribution >= 4 is 53.7 Å². The van der Waals surface area contributed by atoms with Crippen LogP contribution in [-0.2, 0) is 6.54 Å². The summed E-state index contributed by atoms with van der Waals surface area (Å²) in [6.45, 7) is 3.05. The maximum atomic E-state index is 6.17. The number of rotatable bonds is 3. The Balaban J connectivity index is 0.00000121. The molecule has 0 amide bonds. The molecule has 2 aromatic heterocycles. The van der Waals surface area contributed by atoms with E-state index in [-0.39, 0.29) is 24.8 Å². The third-order valence-electron chi connectivity index (χ3n) is 3.82. The summed E-state index contributed by atoms with van der Waals surface area (Å²) in [4.78, 5) is 7.04. The molecule has 1 atom stereocenters. The van der Waals surface area contributed by atoms with E-state index in [2.05, 4.69) is 15.2 Å². The van der Waals surface area contributed by atoms with Gasteiger partial charge in [0.1, 0.15) is 0 Å². The van der Waals surface area contributed by atoms with Crippen molar-refractivity contribution in [3.63, 3.8) is 0 Å². The minimum atomic E-state index is 0. The van der Waals surface area contributed by atoms with Crippen LogP contribution in [-0.4, -0.2) is 40.5 Å². The van der Waals surface area contributed by atoms with Gasteiger partial charge in [-0.2, -0.15) is 0 Å². The van der Waals surface area contributed by atoms with Gasteiger partial charge in [0, 0.05) is 31.5 Å². The van der Waals surface area contributed by atoms with Crippen LogP contribution in [0.15, 0.2) is 18.5 Å². The molecule has 0 aliphatic carbocycles. The lowest BCUT2D eigenvalue weighted by Crippen LogP contribution is -2.43. The Hall–Kier alpha value is -0.230. The average Bonchev–Trinajstić information content (AvgIpc) is 2.81. The van der Waals surface area contributed by atoms with E-state index >= 15 is 0 Å². The molecule has 3 rings (SSSR count). The van der Waals surface area contributed by atoms with E-state index in [1.165, 1.54) is 12.8 Å². The van der Waals surface area contributed by atoms with E-state index < -0.39 is 0 Å². The summed E-state index contributed by atoms with van der Waals surface area (Å²) < 4.78 is 1.90. The minimum absolute atomic E-state index is 0. The lowest BCUT2D eigenvalue weighted by atomic mass is 10.1. The molecule has 22 heavy (non-hydrogen) atoms. The molecule has 1 fully saturated rings. The molecule has 3 heterocycles. The van der Waals surface area contributed by atoms with Gasteiger partial charge in [0.2, 0.25) is 0 Å². The maximum absolute atomic E-state index is 6.17. The van der Waals surface area contributed by atoms with Crippen LogP contribution in [0.4, 0.5) is 0 Å². The summed E-state index contributed by atoms with van der Waals surface area (Å²) in [6.07, 6.45) is 6.33. The smallest absolute Gasteiger partial charge is 0.156 e. The third kappa shape index (κ3) is 4.40. The highest BCUT2D eigenvalue weighted by atomic mass is 35.5. The highest BCUT2D eigenvalue weighted by Crippen LogP contribution is 2.22. The Morgan fingerprint density at radius 1 is 1.32 bits per heavy atom. The van der Waals surface area contributed by atoms with Gasteiger partial charge in [-0.25, -0.2) is 4.98 Å². The van der Waals surface area contributed by atoms with E-state index in [9.17, 15) is 0 Å². The van der Waals surface area contributed by atoms with Crippen LogP contribution in [0.2, 0.25) is 10.0 Å². The van der Waals surface area contributed by atoms with Gasteiger partial charge in [-0.15, -0.1) is 24.8 Å². The number of pyridine rings is 1. The zero-order chi connectivity index (χ0) is 14.1. The lowest BCUT2D eigenvalue weighted by Gasteiger charge is -2.31. The maximum Gasteiger partial charge on any atom is 0.156 e. The fourth-order valence-corrected chi connectivity index (χ4v) is 3.34. The molecule has 0 radical (unpaired) electrons. The Morgan fingerprint density at radius 3 is 2.82 bits per heavy atom. The molecule has 2 aromatic rings. The summed E-state index contributed by atoms with van der Waals surface area (Å²) in [7, 11) is 2.03. The van der Waals surface area contributed by atoms with Crippen LogP contribution in [0, 0.1) is 0 Å². The predicted molar refractivity (Wildman–Crippen MR) is 97.1 cm³/mol. The highest BCUT2D eigenvalue weighted by molar-refractivity contribution is 6.36. The quantitative estimate of drug-likeness (QED) is 0.874. The van der Waals surface area contributed by atoms with Gasteiger partial charge in [-0.1, -0.05) is 23.2 Å². The number of hydrogen-bond acceptors (Lipinski definition) is 3. The van der Waals surface area contributed by atoms with Gasteiger partial charge in [-0.05, 0) is 32.5 Å². The number of imidazole rings is 1. The van der Waals surface area contributed by atoms with Gasteiger partial charge < -0.3 is 9.72 Å². The first-order chi connectivity index (χ1) is 9.65. The van der Waals surface area contributed by atoms with Crippen molar-refractivity contribution in [1.82, 2.24) is 19.6 Å². The van der Waals surface area contributed by atoms with E-state index in [1.54, 1.807) is 6.07 Å². The summed E-state index contributed by atoms with van der Waals surface area (Å²) >= 11 is 12.2. The number of piperidine rings is 1. The van der Waals surface area contributed by atoms with Gasteiger partial charge >= 0.3 is 0 Å². The fourth-order valence-electron chi connectivity index (χ4n) is 2.82. The van der Waals surface area contributed by atoms with Crippen LogP contribution in [0.5, 0.6) is 0 Å². The van der Waals surface area contributed by atoms with Gasteiger partial charge in [0.15, 0.2) is 5.65 Å². The first-order valence-corrected chi connectivity index (χ1v) is 7.63. The topological polar surface area (TPSA) is 32.6 Å². The third-order valence-corrected chi connectivity index (χ3v) is 4.31. The van der Waals surface area contributed by atoms with E-state index in [4.69, 9.17) is 23.2 Å². The molecule has 1 aliphatic heterocycles. The second-order valence-corrected chi connectivity index (χ2v) is 6.18. The molecule has 1 saturated heterocycles. The van der Waals surface area contributed by atoms with Crippen LogP contribution in [0.3, 0.4) is 0 Å². The molecule has 1 N–H and O–H groups in total. The largest absolute Gasteiger partial charge is 0.316 e. The molecule has 1 aliphatic rings. The standard InChI is InChI=1S/C14H18Cl2N4.2ClH/c1-17-11-3-2-4-19(7-11)8-12-9-20-6-10(15)5-13(16)14(20)18-12;;/h5-6,9,11,17H,2-4,7-8H2,1H3;2*1H. The summed E-state index contributed by atoms with van der Waals surface area (Å²) in [6, 6.07) is 2.31. The predicted octanol–water partition coefficient (Wildman–Crippen LogP) is 3.67. The van der Waals surface area contributed by atoms with Gasteiger partial charge in [0.25, 0.3) is 0 Å². The monoisotopic (exact) mass is 384 g/mol. The van der Waals surface area contributed by atoms with Crippen LogP contribution in [0.1, 0.15) is 18.5 Å². The number of hydrogen-bond donors (Lipinski definition) is 1. The number of fused-ring (bicyclic) bond motifs is 1. The fraction of sp³-hybridized carbons (Fsp3) is 0.500.